The van der Waals surface area contributed by atoms with E-state index in [9.17, 15) is 4.79 Å². The molecule has 0 saturated carbocycles. The van der Waals surface area contributed by atoms with Gasteiger partial charge in [-0.1, -0.05) is 23.8 Å². The predicted octanol–water partition coefficient (Wildman–Crippen LogP) is 5.30. The smallest absolute Gasteiger partial charge is 0.264 e. The first-order valence-electron chi connectivity index (χ1n) is 9.43. The van der Waals surface area contributed by atoms with E-state index in [1.807, 2.05) is 73.7 Å². The highest BCUT2D eigenvalue weighted by molar-refractivity contribution is 14.1. The first-order valence-corrected chi connectivity index (χ1v) is 10.9. The molecule has 31 heavy (non-hydrogen) atoms. The average Bonchev–Trinajstić information content (AvgIpc) is 3.17. The largest absolute Gasteiger partial charge is 0.484 e. The number of carbonyl (C=O) groups excluding carboxylic acids is 1. The highest BCUT2D eigenvalue weighted by Crippen LogP contribution is 2.27. The number of oxazole rings is 1. The molecule has 0 bridgehead atoms. The van der Waals surface area contributed by atoms with Crippen LogP contribution in [0.3, 0.4) is 0 Å². The molecule has 6 nitrogen and oxygen atoms in total. The molecule has 8 heteroatoms. The molecule has 0 saturated heterocycles. The zero-order chi connectivity index (χ0) is 21.8. The predicted molar refractivity (Wildman–Crippen MR) is 133 cm³/mol. The van der Waals surface area contributed by atoms with Crippen LogP contribution in [0.15, 0.2) is 71.1 Å². The van der Waals surface area contributed by atoms with Crippen LogP contribution in [0.1, 0.15) is 5.56 Å². The Labute approximate surface area is 198 Å². The number of anilines is 1. The van der Waals surface area contributed by atoms with Gasteiger partial charge in [-0.2, -0.15) is 0 Å². The van der Waals surface area contributed by atoms with Gasteiger partial charge in [-0.05, 0) is 90.3 Å². The number of aryl methyl sites for hydroxylation is 1. The van der Waals surface area contributed by atoms with Crippen LogP contribution in [0.5, 0.6) is 5.75 Å². The van der Waals surface area contributed by atoms with Gasteiger partial charge in [0.2, 0.25) is 5.89 Å². The number of rotatable bonds is 5. The van der Waals surface area contributed by atoms with E-state index in [4.69, 9.17) is 21.4 Å². The molecule has 4 rings (SSSR count). The molecular formula is C23H18IN3O3S. The van der Waals surface area contributed by atoms with E-state index < -0.39 is 0 Å². The van der Waals surface area contributed by atoms with Crippen molar-refractivity contribution in [3.63, 3.8) is 0 Å². The number of nitrogens with one attached hydrogen (secondary N) is 2. The lowest BCUT2D eigenvalue weighted by Crippen LogP contribution is -2.37. The fourth-order valence-electron chi connectivity index (χ4n) is 2.86. The molecule has 0 aliphatic carbocycles. The van der Waals surface area contributed by atoms with Gasteiger partial charge < -0.3 is 14.5 Å². The molecule has 0 aliphatic heterocycles. The van der Waals surface area contributed by atoms with Crippen molar-refractivity contribution in [2.75, 3.05) is 11.9 Å². The van der Waals surface area contributed by atoms with Gasteiger partial charge >= 0.3 is 0 Å². The summed E-state index contributed by atoms with van der Waals surface area (Å²) in [7, 11) is 0. The number of hydrogen-bond acceptors (Lipinski definition) is 5. The summed E-state index contributed by atoms with van der Waals surface area (Å²) in [5.74, 6) is 0.830. The Morgan fingerprint density at radius 3 is 2.71 bits per heavy atom. The Bertz CT molecular complexity index is 1250. The molecule has 4 aromatic rings. The molecule has 0 radical (unpaired) electrons. The molecule has 1 amide bonds. The first-order chi connectivity index (χ1) is 15.0. The second-order valence-electron chi connectivity index (χ2n) is 6.82. The molecule has 0 atom stereocenters. The maximum absolute atomic E-state index is 12.1. The maximum atomic E-state index is 12.1. The number of carbonyl (C=O) groups is 1. The number of halogens is 1. The van der Waals surface area contributed by atoms with Crippen LogP contribution >= 0.6 is 34.8 Å². The third-order valence-corrected chi connectivity index (χ3v) is 5.24. The van der Waals surface area contributed by atoms with E-state index >= 15 is 0 Å². The highest BCUT2D eigenvalue weighted by atomic mass is 127. The van der Waals surface area contributed by atoms with Crippen LogP contribution in [0, 0.1) is 10.5 Å². The number of nitrogens with zero attached hydrogens (tertiary/aromatic N) is 1. The topological polar surface area (TPSA) is 76.4 Å². The number of thiocarbonyl (C=S) groups is 1. The molecule has 0 unspecified atom stereocenters. The summed E-state index contributed by atoms with van der Waals surface area (Å²) < 4.78 is 12.4. The third-order valence-electron chi connectivity index (χ3n) is 4.36. The number of benzene rings is 3. The average molecular weight is 543 g/mol. The normalized spacial score (nSPS) is 10.6. The molecule has 0 fully saturated rings. The van der Waals surface area contributed by atoms with Crippen molar-refractivity contribution in [3.8, 4) is 17.2 Å². The summed E-state index contributed by atoms with van der Waals surface area (Å²) in [6.45, 7) is 1.85. The zero-order valence-corrected chi connectivity index (χ0v) is 19.5. The van der Waals surface area contributed by atoms with E-state index in [-0.39, 0.29) is 17.6 Å². The van der Waals surface area contributed by atoms with Crippen molar-refractivity contribution in [1.82, 2.24) is 10.3 Å². The molecule has 156 valence electrons. The third kappa shape index (κ3) is 5.59. The zero-order valence-electron chi connectivity index (χ0n) is 16.5. The number of aromatic nitrogens is 1. The molecule has 1 heterocycles. The Morgan fingerprint density at radius 2 is 1.94 bits per heavy atom. The Hall–Kier alpha value is -2.98. The monoisotopic (exact) mass is 543 g/mol. The van der Waals surface area contributed by atoms with Crippen LogP contribution < -0.4 is 15.4 Å². The van der Waals surface area contributed by atoms with Gasteiger partial charge in [-0.3, -0.25) is 10.1 Å². The second kappa shape index (κ2) is 9.44. The number of fused-ring (bicyclic) bond motifs is 1. The first kappa shape index (κ1) is 21.3. The molecule has 2 N–H and O–H groups in total. The summed E-state index contributed by atoms with van der Waals surface area (Å²) >= 11 is 7.49. The quantitative estimate of drug-likeness (QED) is 0.263. The minimum atomic E-state index is -0.346. The van der Waals surface area contributed by atoms with Crippen molar-refractivity contribution < 1.29 is 13.9 Å². The maximum Gasteiger partial charge on any atom is 0.264 e. The second-order valence-corrected chi connectivity index (χ2v) is 8.47. The molecular weight excluding hydrogens is 525 g/mol. The van der Waals surface area contributed by atoms with Crippen LogP contribution in [-0.2, 0) is 4.79 Å². The van der Waals surface area contributed by atoms with Gasteiger partial charge in [-0.25, -0.2) is 4.98 Å². The molecule has 3 aromatic carbocycles. The van der Waals surface area contributed by atoms with Gasteiger partial charge in [-0.15, -0.1) is 0 Å². The van der Waals surface area contributed by atoms with E-state index in [0.717, 1.165) is 14.7 Å². The fraction of sp³-hybridized carbons (Fsp3) is 0.0870. The summed E-state index contributed by atoms with van der Waals surface area (Å²) in [4.78, 5) is 16.7. The number of hydrogen-bond donors (Lipinski definition) is 2. The van der Waals surface area contributed by atoms with E-state index in [1.165, 1.54) is 0 Å². The Balaban J connectivity index is 1.36. The van der Waals surface area contributed by atoms with Crippen LogP contribution in [0.25, 0.3) is 22.6 Å². The SMILES string of the molecule is Cc1ccc(OCC(=O)NC(=S)Nc2ccc3oc(-c4cccc(I)c4)nc3c2)cc1. The summed E-state index contributed by atoms with van der Waals surface area (Å²) in [5, 5.41) is 5.78. The van der Waals surface area contributed by atoms with Gasteiger partial charge in [0.25, 0.3) is 5.91 Å². The fourth-order valence-corrected chi connectivity index (χ4v) is 3.63. The molecule has 0 aliphatic rings. The minimum Gasteiger partial charge on any atom is -0.484 e. The van der Waals surface area contributed by atoms with Crippen LogP contribution in [0.2, 0.25) is 0 Å². The summed E-state index contributed by atoms with van der Waals surface area (Å²) in [6, 6.07) is 20.8. The van der Waals surface area contributed by atoms with Gasteiger partial charge in [0.1, 0.15) is 11.3 Å². The molecule has 1 aromatic heterocycles. The van der Waals surface area contributed by atoms with Crippen molar-refractivity contribution in [1.29, 1.82) is 0 Å². The van der Waals surface area contributed by atoms with Crippen molar-refractivity contribution in [3.05, 3.63) is 75.9 Å². The lowest BCUT2D eigenvalue weighted by molar-refractivity contribution is -0.121. The van der Waals surface area contributed by atoms with Crippen molar-refractivity contribution in [2.45, 2.75) is 6.92 Å². The minimum absolute atomic E-state index is 0.133. The van der Waals surface area contributed by atoms with Crippen molar-refractivity contribution in [2.24, 2.45) is 0 Å². The number of amides is 1. The van der Waals surface area contributed by atoms with Gasteiger partial charge in [0, 0.05) is 14.8 Å². The highest BCUT2D eigenvalue weighted by Gasteiger charge is 2.11. The summed E-state index contributed by atoms with van der Waals surface area (Å²) in [6.07, 6.45) is 0. The Morgan fingerprint density at radius 1 is 1.13 bits per heavy atom. The molecule has 0 spiro atoms. The van der Waals surface area contributed by atoms with Crippen LogP contribution in [-0.4, -0.2) is 22.6 Å². The van der Waals surface area contributed by atoms with E-state index in [1.54, 1.807) is 0 Å². The van der Waals surface area contributed by atoms with Crippen LogP contribution in [0.4, 0.5) is 5.69 Å². The van der Waals surface area contributed by atoms with Crippen molar-refractivity contribution >= 4 is 62.6 Å². The lowest BCUT2D eigenvalue weighted by atomic mass is 10.2. The van der Waals surface area contributed by atoms with E-state index in [2.05, 4.69) is 38.2 Å². The van der Waals surface area contributed by atoms with Gasteiger partial charge in [0.15, 0.2) is 17.3 Å². The van der Waals surface area contributed by atoms with Gasteiger partial charge in [0.05, 0.1) is 0 Å². The Kier molecular flexibility index (Phi) is 6.47. The standard InChI is InChI=1S/C23H18IN3O3S/c1-14-5-8-18(9-6-14)29-13-21(28)27-23(31)25-17-7-10-20-19(12-17)26-22(30-20)15-3-2-4-16(24)11-15/h2-12H,13H2,1H3,(H2,25,27,28,31). The lowest BCUT2D eigenvalue weighted by Gasteiger charge is -2.10. The van der Waals surface area contributed by atoms with E-state index in [0.29, 0.717) is 28.4 Å². The summed E-state index contributed by atoms with van der Waals surface area (Å²) in [5.41, 5.74) is 4.09. The number of ether oxygens (including phenoxy) is 1.